The summed E-state index contributed by atoms with van der Waals surface area (Å²) in [5.74, 6) is 1.12. The molecule has 1 aliphatic rings. The zero-order valence-electron chi connectivity index (χ0n) is 11.8. The van der Waals surface area contributed by atoms with Crippen molar-refractivity contribution in [2.24, 2.45) is 18.9 Å². The van der Waals surface area contributed by atoms with Gasteiger partial charge in [0.05, 0.1) is 5.69 Å². The molecular weight excluding hydrogens is 224 g/mol. The Morgan fingerprint density at radius 3 is 2.72 bits per heavy atom. The van der Waals surface area contributed by atoms with Gasteiger partial charge in [0.2, 0.25) is 0 Å². The zero-order chi connectivity index (χ0) is 13.1. The molecule has 18 heavy (non-hydrogen) atoms. The van der Waals surface area contributed by atoms with Crippen LogP contribution in [0.4, 0.5) is 0 Å². The van der Waals surface area contributed by atoms with Crippen molar-refractivity contribution in [1.29, 1.82) is 0 Å². The van der Waals surface area contributed by atoms with Crippen LogP contribution >= 0.6 is 0 Å². The molecule has 100 valence electrons. The second-order valence-electron chi connectivity index (χ2n) is 5.42. The van der Waals surface area contributed by atoms with Gasteiger partial charge in [-0.2, -0.15) is 5.10 Å². The lowest BCUT2D eigenvalue weighted by molar-refractivity contribution is 0.0810. The lowest BCUT2D eigenvalue weighted by Gasteiger charge is -2.29. The van der Waals surface area contributed by atoms with Crippen molar-refractivity contribution >= 4 is 5.78 Å². The monoisotopic (exact) mass is 248 g/mol. The molecule has 1 saturated carbocycles. The number of hydrogen-bond acceptors (Lipinski definition) is 2. The van der Waals surface area contributed by atoms with E-state index in [0.717, 1.165) is 30.7 Å². The summed E-state index contributed by atoms with van der Waals surface area (Å²) >= 11 is 0. The maximum atomic E-state index is 12.7. The third-order valence-electron chi connectivity index (χ3n) is 4.32. The van der Waals surface area contributed by atoms with Gasteiger partial charge in [-0.1, -0.05) is 33.1 Å². The summed E-state index contributed by atoms with van der Waals surface area (Å²) in [6.07, 6.45) is 6.77. The molecule has 0 radical (unpaired) electrons. The second kappa shape index (κ2) is 5.68. The molecule has 0 spiro atoms. The van der Waals surface area contributed by atoms with Crippen molar-refractivity contribution in [3.63, 3.8) is 0 Å². The Kier molecular flexibility index (Phi) is 4.20. The molecule has 3 heteroatoms. The Bertz CT molecular complexity index is 422. The van der Waals surface area contributed by atoms with E-state index in [1.165, 1.54) is 19.3 Å². The minimum absolute atomic E-state index is 0.226. The Morgan fingerprint density at radius 2 is 2.11 bits per heavy atom. The van der Waals surface area contributed by atoms with E-state index < -0.39 is 0 Å². The number of rotatable bonds is 4. The second-order valence-corrected chi connectivity index (χ2v) is 5.42. The molecular formula is C15H24N2O. The van der Waals surface area contributed by atoms with Crippen LogP contribution in [-0.4, -0.2) is 15.6 Å². The molecule has 0 N–H and O–H groups in total. The van der Waals surface area contributed by atoms with Crippen LogP contribution in [0.5, 0.6) is 0 Å². The van der Waals surface area contributed by atoms with E-state index in [9.17, 15) is 4.79 Å². The van der Waals surface area contributed by atoms with Crippen molar-refractivity contribution in [1.82, 2.24) is 9.78 Å². The highest BCUT2D eigenvalue weighted by atomic mass is 16.1. The summed E-state index contributed by atoms with van der Waals surface area (Å²) in [5.41, 5.74) is 1.82. The molecule has 1 fully saturated rings. The van der Waals surface area contributed by atoms with Gasteiger partial charge in [-0.15, -0.1) is 0 Å². The van der Waals surface area contributed by atoms with Gasteiger partial charge in [0.1, 0.15) is 5.69 Å². The average molecular weight is 248 g/mol. The normalized spacial score (nSPS) is 24.2. The van der Waals surface area contributed by atoms with Crippen LogP contribution in [0, 0.1) is 11.8 Å². The number of Topliss-reactive ketones (excluding diaryl/α,β-unsaturated/α-hetero) is 1. The predicted octanol–water partition coefficient (Wildman–Crippen LogP) is 3.38. The van der Waals surface area contributed by atoms with Crippen molar-refractivity contribution < 1.29 is 4.79 Å². The summed E-state index contributed by atoms with van der Waals surface area (Å²) in [7, 11) is 1.89. The molecule has 1 aromatic heterocycles. The van der Waals surface area contributed by atoms with Crippen molar-refractivity contribution in [2.45, 2.75) is 52.4 Å². The van der Waals surface area contributed by atoms with E-state index in [1.54, 1.807) is 4.68 Å². The first-order valence-corrected chi connectivity index (χ1v) is 7.24. The topological polar surface area (TPSA) is 34.9 Å². The fraction of sp³-hybridized carbons (Fsp3) is 0.733. The van der Waals surface area contributed by atoms with Gasteiger partial charge in [-0.3, -0.25) is 9.48 Å². The number of aryl methyl sites for hydroxylation is 2. The van der Waals surface area contributed by atoms with Gasteiger partial charge in [-0.05, 0) is 31.2 Å². The minimum Gasteiger partial charge on any atom is -0.292 e. The molecule has 0 saturated heterocycles. The Labute approximate surface area is 110 Å². The molecule has 2 rings (SSSR count). The van der Waals surface area contributed by atoms with E-state index in [0.29, 0.717) is 11.7 Å². The van der Waals surface area contributed by atoms with Crippen molar-refractivity contribution in [3.8, 4) is 0 Å². The summed E-state index contributed by atoms with van der Waals surface area (Å²) in [5, 5.41) is 4.39. The first kappa shape index (κ1) is 13.3. The van der Waals surface area contributed by atoms with Gasteiger partial charge in [-0.25, -0.2) is 0 Å². The van der Waals surface area contributed by atoms with E-state index in [2.05, 4.69) is 18.9 Å². The van der Waals surface area contributed by atoms with Gasteiger partial charge in [0.15, 0.2) is 5.78 Å². The van der Waals surface area contributed by atoms with Crippen molar-refractivity contribution in [2.75, 3.05) is 0 Å². The summed E-state index contributed by atoms with van der Waals surface area (Å²) < 4.78 is 1.77. The molecule has 2 atom stereocenters. The fourth-order valence-electron chi connectivity index (χ4n) is 3.16. The molecule has 2 unspecified atom stereocenters. The summed E-state index contributed by atoms with van der Waals surface area (Å²) in [6, 6.07) is 1.98. The van der Waals surface area contributed by atoms with Gasteiger partial charge < -0.3 is 0 Å². The molecule has 0 amide bonds. The van der Waals surface area contributed by atoms with E-state index in [4.69, 9.17) is 0 Å². The number of hydrogen-bond donors (Lipinski definition) is 0. The van der Waals surface area contributed by atoms with E-state index in [1.807, 2.05) is 13.1 Å². The van der Waals surface area contributed by atoms with Crippen molar-refractivity contribution in [3.05, 3.63) is 17.5 Å². The van der Waals surface area contributed by atoms with Crippen LogP contribution in [0.3, 0.4) is 0 Å². The van der Waals surface area contributed by atoms with Crippen LogP contribution in [0.15, 0.2) is 6.07 Å². The largest absolute Gasteiger partial charge is 0.292 e. The quantitative estimate of drug-likeness (QED) is 0.766. The molecule has 0 bridgehead atoms. The smallest absolute Gasteiger partial charge is 0.184 e. The third-order valence-corrected chi connectivity index (χ3v) is 4.32. The van der Waals surface area contributed by atoms with Gasteiger partial charge >= 0.3 is 0 Å². The van der Waals surface area contributed by atoms with Gasteiger partial charge in [0.25, 0.3) is 0 Å². The van der Waals surface area contributed by atoms with Gasteiger partial charge in [0, 0.05) is 13.0 Å². The van der Waals surface area contributed by atoms with Crippen LogP contribution in [-0.2, 0) is 13.5 Å². The zero-order valence-corrected chi connectivity index (χ0v) is 11.8. The lowest BCUT2D eigenvalue weighted by Crippen LogP contribution is -2.28. The van der Waals surface area contributed by atoms with Crippen LogP contribution in [0.1, 0.15) is 62.1 Å². The number of aromatic nitrogens is 2. The Balaban J connectivity index is 2.20. The van der Waals surface area contributed by atoms with Crippen LogP contribution in [0.2, 0.25) is 0 Å². The maximum Gasteiger partial charge on any atom is 0.184 e. The highest BCUT2D eigenvalue weighted by Crippen LogP contribution is 2.34. The van der Waals surface area contributed by atoms with E-state index >= 15 is 0 Å². The standard InChI is InChI=1S/C15H24N2O/c1-4-11-8-6-7-9-13(11)15(18)14-10-12(5-2)16-17(14)3/h10-11,13H,4-9H2,1-3H3. The summed E-state index contributed by atoms with van der Waals surface area (Å²) in [6.45, 7) is 4.28. The SMILES string of the molecule is CCc1cc(C(=O)C2CCCCC2CC)n(C)n1. The Morgan fingerprint density at radius 1 is 1.39 bits per heavy atom. The molecule has 1 heterocycles. The Hall–Kier alpha value is -1.12. The highest BCUT2D eigenvalue weighted by Gasteiger charge is 2.31. The molecule has 1 aromatic rings. The third kappa shape index (κ3) is 2.50. The lowest BCUT2D eigenvalue weighted by atomic mass is 9.75. The average Bonchev–Trinajstić information content (AvgIpc) is 2.79. The first-order valence-electron chi connectivity index (χ1n) is 7.24. The molecule has 3 nitrogen and oxygen atoms in total. The minimum atomic E-state index is 0.226. The number of carbonyl (C=O) groups excluding carboxylic acids is 1. The molecule has 1 aliphatic carbocycles. The van der Waals surface area contributed by atoms with Crippen LogP contribution in [0.25, 0.3) is 0 Å². The molecule has 0 aliphatic heterocycles. The number of ketones is 1. The molecule has 0 aromatic carbocycles. The maximum absolute atomic E-state index is 12.7. The predicted molar refractivity (Wildman–Crippen MR) is 72.7 cm³/mol. The summed E-state index contributed by atoms with van der Waals surface area (Å²) in [4.78, 5) is 12.7. The first-order chi connectivity index (χ1) is 8.67. The van der Waals surface area contributed by atoms with Crippen LogP contribution < -0.4 is 0 Å². The highest BCUT2D eigenvalue weighted by molar-refractivity contribution is 5.96. The van der Waals surface area contributed by atoms with E-state index in [-0.39, 0.29) is 5.92 Å². The fourth-order valence-corrected chi connectivity index (χ4v) is 3.16. The number of carbonyl (C=O) groups is 1. The number of nitrogens with zero attached hydrogens (tertiary/aromatic N) is 2.